The van der Waals surface area contributed by atoms with Gasteiger partial charge in [-0.25, -0.2) is 4.68 Å². The highest BCUT2D eigenvalue weighted by Crippen LogP contribution is 2.31. The van der Waals surface area contributed by atoms with Crippen LogP contribution in [0.25, 0.3) is 0 Å². The van der Waals surface area contributed by atoms with Gasteiger partial charge in [-0.2, -0.15) is 0 Å². The minimum absolute atomic E-state index is 0.317. The van der Waals surface area contributed by atoms with Crippen LogP contribution in [-0.4, -0.2) is 20.6 Å². The summed E-state index contributed by atoms with van der Waals surface area (Å²) in [6.45, 7) is 6.50. The van der Waals surface area contributed by atoms with Crippen LogP contribution in [0.3, 0.4) is 0 Å². The molecule has 1 aliphatic heterocycles. The highest BCUT2D eigenvalue weighted by atomic mass is 32.2. The molecule has 0 amide bonds. The Hall–Kier alpha value is -1.49. The molecule has 0 saturated heterocycles. The van der Waals surface area contributed by atoms with Crippen LogP contribution in [0.2, 0.25) is 0 Å². The molecule has 0 aliphatic carbocycles. The number of nitrogens with one attached hydrogen (secondary N) is 1. The molecular formula is C13H16N4S. The molecule has 1 N–H and O–H groups in total. The molecule has 1 aliphatic rings. The maximum atomic E-state index is 4.05. The average Bonchev–Trinajstić information content (AvgIpc) is 2.80. The Balaban J connectivity index is 1.95. The third-order valence-electron chi connectivity index (χ3n) is 3.45. The second-order valence-corrected chi connectivity index (χ2v) is 5.76. The SMILES string of the molecule is Cc1cc(C)c(C2CSc3nncn3N2)cc1C. The number of hydrogen-bond acceptors (Lipinski definition) is 4. The second-order valence-electron chi connectivity index (χ2n) is 4.77. The number of thioether (sulfide) groups is 1. The first kappa shape index (κ1) is 11.6. The Morgan fingerprint density at radius 3 is 2.83 bits per heavy atom. The largest absolute Gasteiger partial charge is 0.314 e. The monoisotopic (exact) mass is 260 g/mol. The van der Waals surface area contributed by atoms with Gasteiger partial charge in [0.1, 0.15) is 6.33 Å². The second kappa shape index (κ2) is 4.31. The molecule has 0 radical (unpaired) electrons. The third kappa shape index (κ3) is 1.88. The molecule has 1 unspecified atom stereocenters. The Kier molecular flexibility index (Phi) is 2.78. The first-order valence-electron chi connectivity index (χ1n) is 6.02. The van der Waals surface area contributed by atoms with Gasteiger partial charge in [0.2, 0.25) is 5.16 Å². The lowest BCUT2D eigenvalue weighted by Gasteiger charge is -2.27. The molecule has 0 fully saturated rings. The Bertz CT molecular complexity index is 591. The van der Waals surface area contributed by atoms with Crippen molar-refractivity contribution >= 4 is 11.8 Å². The number of aromatic nitrogens is 3. The van der Waals surface area contributed by atoms with E-state index in [9.17, 15) is 0 Å². The predicted octanol–water partition coefficient (Wildman–Crippen LogP) is 2.59. The summed E-state index contributed by atoms with van der Waals surface area (Å²) in [5.41, 5.74) is 8.85. The molecule has 2 heterocycles. The van der Waals surface area contributed by atoms with Crippen molar-refractivity contribution in [2.75, 3.05) is 11.2 Å². The van der Waals surface area contributed by atoms with Crippen molar-refractivity contribution in [3.8, 4) is 0 Å². The summed E-state index contributed by atoms with van der Waals surface area (Å²) in [5.74, 6) is 0.988. The molecule has 4 nitrogen and oxygen atoms in total. The molecule has 2 aromatic rings. The summed E-state index contributed by atoms with van der Waals surface area (Å²) >= 11 is 1.74. The van der Waals surface area contributed by atoms with E-state index in [1.54, 1.807) is 18.1 Å². The van der Waals surface area contributed by atoms with E-state index in [2.05, 4.69) is 48.5 Å². The van der Waals surface area contributed by atoms with Crippen molar-refractivity contribution in [1.82, 2.24) is 14.9 Å². The van der Waals surface area contributed by atoms with Gasteiger partial charge in [-0.15, -0.1) is 10.2 Å². The fraction of sp³-hybridized carbons (Fsp3) is 0.385. The molecule has 94 valence electrons. The van der Waals surface area contributed by atoms with Crippen molar-refractivity contribution in [3.05, 3.63) is 40.7 Å². The van der Waals surface area contributed by atoms with Crippen LogP contribution in [0.1, 0.15) is 28.3 Å². The number of hydrogen-bond donors (Lipinski definition) is 1. The van der Waals surface area contributed by atoms with Gasteiger partial charge >= 0.3 is 0 Å². The van der Waals surface area contributed by atoms with Crippen LogP contribution in [0, 0.1) is 20.8 Å². The molecule has 1 aromatic carbocycles. The molecule has 0 saturated carbocycles. The topological polar surface area (TPSA) is 42.7 Å². The maximum Gasteiger partial charge on any atom is 0.209 e. The van der Waals surface area contributed by atoms with Gasteiger partial charge in [-0.3, -0.25) is 0 Å². The van der Waals surface area contributed by atoms with Crippen LogP contribution < -0.4 is 5.43 Å². The first-order chi connectivity index (χ1) is 8.65. The van der Waals surface area contributed by atoms with Crippen molar-refractivity contribution < 1.29 is 0 Å². The molecular weight excluding hydrogens is 244 g/mol. The molecule has 0 bridgehead atoms. The summed E-state index contributed by atoms with van der Waals surface area (Å²) in [4.78, 5) is 0. The van der Waals surface area contributed by atoms with Gasteiger partial charge < -0.3 is 5.43 Å². The normalized spacial score (nSPS) is 18.3. The summed E-state index contributed by atoms with van der Waals surface area (Å²) < 4.78 is 1.91. The van der Waals surface area contributed by atoms with Crippen LogP contribution in [0.5, 0.6) is 0 Å². The summed E-state index contributed by atoms with van der Waals surface area (Å²) in [6.07, 6.45) is 1.73. The van der Waals surface area contributed by atoms with E-state index in [1.165, 1.54) is 22.3 Å². The summed E-state index contributed by atoms with van der Waals surface area (Å²) in [6, 6.07) is 4.87. The van der Waals surface area contributed by atoms with Gasteiger partial charge in [0.25, 0.3) is 0 Å². The number of rotatable bonds is 1. The molecule has 1 atom stereocenters. The van der Waals surface area contributed by atoms with Crippen LogP contribution >= 0.6 is 11.8 Å². The number of nitrogens with zero attached hydrogens (tertiary/aromatic N) is 3. The van der Waals surface area contributed by atoms with Crippen molar-refractivity contribution in [2.24, 2.45) is 0 Å². The lowest BCUT2D eigenvalue weighted by Crippen LogP contribution is -2.27. The zero-order valence-electron chi connectivity index (χ0n) is 10.8. The minimum Gasteiger partial charge on any atom is -0.314 e. The zero-order chi connectivity index (χ0) is 12.7. The Morgan fingerprint density at radius 1 is 1.22 bits per heavy atom. The van der Waals surface area contributed by atoms with E-state index in [4.69, 9.17) is 0 Å². The summed E-state index contributed by atoms with van der Waals surface area (Å²) in [5, 5.41) is 8.91. The Morgan fingerprint density at radius 2 is 2.00 bits per heavy atom. The van der Waals surface area contributed by atoms with E-state index in [0.717, 1.165) is 10.9 Å². The lowest BCUT2D eigenvalue weighted by atomic mass is 9.97. The minimum atomic E-state index is 0.317. The smallest absolute Gasteiger partial charge is 0.209 e. The van der Waals surface area contributed by atoms with Gasteiger partial charge in [-0.1, -0.05) is 23.9 Å². The van der Waals surface area contributed by atoms with Crippen LogP contribution in [0.4, 0.5) is 0 Å². The molecule has 1 aromatic heterocycles. The highest BCUT2D eigenvalue weighted by Gasteiger charge is 2.22. The molecule has 5 heteroatoms. The van der Waals surface area contributed by atoms with Crippen molar-refractivity contribution in [3.63, 3.8) is 0 Å². The van der Waals surface area contributed by atoms with Crippen LogP contribution in [-0.2, 0) is 0 Å². The van der Waals surface area contributed by atoms with E-state index in [0.29, 0.717) is 6.04 Å². The van der Waals surface area contributed by atoms with Crippen molar-refractivity contribution in [2.45, 2.75) is 32.0 Å². The fourth-order valence-electron chi connectivity index (χ4n) is 2.29. The third-order valence-corrected chi connectivity index (χ3v) is 4.48. The quantitative estimate of drug-likeness (QED) is 0.856. The van der Waals surface area contributed by atoms with Gasteiger partial charge in [0.05, 0.1) is 6.04 Å². The van der Waals surface area contributed by atoms with E-state index >= 15 is 0 Å². The van der Waals surface area contributed by atoms with Gasteiger partial charge in [0, 0.05) is 5.75 Å². The highest BCUT2D eigenvalue weighted by molar-refractivity contribution is 7.99. The number of aryl methyl sites for hydroxylation is 3. The first-order valence-corrected chi connectivity index (χ1v) is 7.01. The maximum absolute atomic E-state index is 4.05. The Labute approximate surface area is 111 Å². The lowest BCUT2D eigenvalue weighted by molar-refractivity contribution is 0.656. The number of benzene rings is 1. The van der Waals surface area contributed by atoms with Gasteiger partial charge in [0.15, 0.2) is 0 Å². The standard InChI is InChI=1S/C13H16N4S/c1-8-4-10(3)11(5-9(8)2)12-6-18-13-15-14-7-17(13)16-12/h4-5,7,12,16H,6H2,1-3H3. The van der Waals surface area contributed by atoms with Crippen LogP contribution in [0.15, 0.2) is 23.6 Å². The van der Waals surface area contributed by atoms with Gasteiger partial charge in [-0.05, 0) is 43.0 Å². The number of fused-ring (bicyclic) bond motifs is 1. The molecule has 3 rings (SSSR count). The van der Waals surface area contributed by atoms with Crippen molar-refractivity contribution in [1.29, 1.82) is 0 Å². The zero-order valence-corrected chi connectivity index (χ0v) is 11.6. The van der Waals surface area contributed by atoms with E-state index in [1.807, 2.05) is 4.68 Å². The summed E-state index contributed by atoms with van der Waals surface area (Å²) in [7, 11) is 0. The molecule has 18 heavy (non-hydrogen) atoms. The fourth-order valence-corrected chi connectivity index (χ4v) is 3.21. The average molecular weight is 260 g/mol. The van der Waals surface area contributed by atoms with E-state index in [-0.39, 0.29) is 0 Å². The molecule has 0 spiro atoms. The predicted molar refractivity (Wildman–Crippen MR) is 73.5 cm³/mol. The van der Waals surface area contributed by atoms with E-state index < -0.39 is 0 Å².